The molecule has 2 aromatic carbocycles. The van der Waals surface area contributed by atoms with Gasteiger partial charge in [0.15, 0.2) is 11.5 Å². The Morgan fingerprint density at radius 2 is 2.04 bits per heavy atom. The second-order valence-corrected chi connectivity index (χ2v) is 5.35. The lowest BCUT2D eigenvalue weighted by Gasteiger charge is -2.10. The Labute approximate surface area is 138 Å². The Bertz CT molecular complexity index is 729. The van der Waals surface area contributed by atoms with E-state index >= 15 is 0 Å². The molecule has 3 rings (SSSR count). The summed E-state index contributed by atoms with van der Waals surface area (Å²) in [6.07, 6.45) is 0. The topological polar surface area (TPSA) is 54.0 Å². The first-order chi connectivity index (χ1) is 11.1. The monoisotopic (exact) mass is 334 g/mol. The number of hydrogen-bond acceptors (Lipinski definition) is 5. The lowest BCUT2D eigenvalue weighted by molar-refractivity contribution is 0.0449. The van der Waals surface area contributed by atoms with Crippen LogP contribution in [-0.4, -0.2) is 26.0 Å². The number of fused-ring (bicyclic) bond motifs is 1. The highest BCUT2D eigenvalue weighted by atomic mass is 35.5. The standard InChI is InChI=1S/C17H15ClO5/c1-11-4-2-3-5-14(11)20-6-7-21-17(19)12-8-13(18)16-15(9-12)22-10-23-16/h2-5,8-9H,6-7,10H2,1H3. The fourth-order valence-electron chi connectivity index (χ4n) is 2.17. The number of rotatable bonds is 5. The summed E-state index contributed by atoms with van der Waals surface area (Å²) in [5.41, 5.74) is 1.34. The molecule has 0 aromatic heterocycles. The predicted molar refractivity (Wildman–Crippen MR) is 84.5 cm³/mol. The molecule has 0 amide bonds. The number of benzene rings is 2. The fraction of sp³-hybridized carbons (Fsp3) is 0.235. The third kappa shape index (κ3) is 3.51. The van der Waals surface area contributed by atoms with Gasteiger partial charge in [-0.25, -0.2) is 4.79 Å². The minimum absolute atomic E-state index is 0.0951. The Morgan fingerprint density at radius 3 is 2.87 bits per heavy atom. The van der Waals surface area contributed by atoms with Gasteiger partial charge in [-0.3, -0.25) is 0 Å². The van der Waals surface area contributed by atoms with E-state index in [9.17, 15) is 4.79 Å². The number of para-hydroxylation sites is 1. The van der Waals surface area contributed by atoms with Crippen molar-refractivity contribution in [3.05, 3.63) is 52.5 Å². The number of hydrogen-bond donors (Lipinski definition) is 0. The number of esters is 1. The molecule has 5 nitrogen and oxygen atoms in total. The minimum atomic E-state index is -0.487. The molecule has 0 radical (unpaired) electrons. The van der Waals surface area contributed by atoms with Crippen LogP contribution in [0.15, 0.2) is 36.4 Å². The van der Waals surface area contributed by atoms with Crippen LogP contribution in [0.5, 0.6) is 17.2 Å². The van der Waals surface area contributed by atoms with E-state index in [2.05, 4.69) is 0 Å². The predicted octanol–water partition coefficient (Wildman–Crippen LogP) is 3.61. The Hall–Kier alpha value is -2.40. The van der Waals surface area contributed by atoms with Crippen molar-refractivity contribution in [2.45, 2.75) is 6.92 Å². The highest BCUT2D eigenvalue weighted by Crippen LogP contribution is 2.39. The van der Waals surface area contributed by atoms with Gasteiger partial charge >= 0.3 is 5.97 Å². The number of ether oxygens (including phenoxy) is 4. The van der Waals surface area contributed by atoms with E-state index in [1.165, 1.54) is 6.07 Å². The van der Waals surface area contributed by atoms with Crippen LogP contribution in [0, 0.1) is 6.92 Å². The second-order valence-electron chi connectivity index (χ2n) is 4.94. The SMILES string of the molecule is Cc1ccccc1OCCOC(=O)c1cc(Cl)c2c(c1)OCO2. The molecule has 0 N–H and O–H groups in total. The first-order valence-corrected chi connectivity index (χ1v) is 7.47. The number of halogens is 1. The van der Waals surface area contributed by atoms with Gasteiger partial charge in [0.05, 0.1) is 10.6 Å². The summed E-state index contributed by atoms with van der Waals surface area (Å²) < 4.78 is 21.2. The van der Waals surface area contributed by atoms with Gasteiger partial charge in [0.2, 0.25) is 6.79 Å². The summed E-state index contributed by atoms with van der Waals surface area (Å²) in [7, 11) is 0. The van der Waals surface area contributed by atoms with Crippen LogP contribution in [-0.2, 0) is 4.74 Å². The van der Waals surface area contributed by atoms with Crippen molar-refractivity contribution in [2.75, 3.05) is 20.0 Å². The Kier molecular flexibility index (Phi) is 4.57. The van der Waals surface area contributed by atoms with Gasteiger partial charge in [-0.05, 0) is 30.7 Å². The van der Waals surface area contributed by atoms with Crippen LogP contribution in [0.3, 0.4) is 0 Å². The van der Waals surface area contributed by atoms with Gasteiger partial charge in [0.25, 0.3) is 0 Å². The van der Waals surface area contributed by atoms with Gasteiger partial charge in [0.1, 0.15) is 19.0 Å². The Balaban J connectivity index is 1.54. The fourth-order valence-corrected chi connectivity index (χ4v) is 2.44. The van der Waals surface area contributed by atoms with Crippen LogP contribution in [0.25, 0.3) is 0 Å². The average molecular weight is 335 g/mol. The molecule has 2 aromatic rings. The molecule has 120 valence electrons. The lowest BCUT2D eigenvalue weighted by Crippen LogP contribution is -2.12. The summed E-state index contributed by atoms with van der Waals surface area (Å²) in [6, 6.07) is 10.7. The van der Waals surface area contributed by atoms with Crippen LogP contribution < -0.4 is 14.2 Å². The van der Waals surface area contributed by atoms with Crippen LogP contribution in [0.2, 0.25) is 5.02 Å². The quantitative estimate of drug-likeness (QED) is 0.617. The van der Waals surface area contributed by atoms with E-state index < -0.39 is 5.97 Å². The van der Waals surface area contributed by atoms with Crippen molar-refractivity contribution in [3.63, 3.8) is 0 Å². The molecule has 1 heterocycles. The maximum absolute atomic E-state index is 12.0. The molecule has 0 bridgehead atoms. The van der Waals surface area contributed by atoms with E-state index in [0.29, 0.717) is 22.1 Å². The van der Waals surface area contributed by atoms with Crippen LogP contribution in [0.1, 0.15) is 15.9 Å². The minimum Gasteiger partial charge on any atom is -0.490 e. The molecule has 0 spiro atoms. The highest BCUT2D eigenvalue weighted by molar-refractivity contribution is 6.32. The molecule has 1 aliphatic heterocycles. The third-order valence-corrected chi connectivity index (χ3v) is 3.61. The molecule has 23 heavy (non-hydrogen) atoms. The summed E-state index contributed by atoms with van der Waals surface area (Å²) >= 11 is 6.04. The van der Waals surface area contributed by atoms with E-state index in [4.69, 9.17) is 30.5 Å². The zero-order valence-electron chi connectivity index (χ0n) is 12.5. The van der Waals surface area contributed by atoms with E-state index in [1.54, 1.807) is 6.07 Å². The van der Waals surface area contributed by atoms with Crippen molar-refractivity contribution in [2.24, 2.45) is 0 Å². The zero-order valence-corrected chi connectivity index (χ0v) is 13.3. The largest absolute Gasteiger partial charge is 0.490 e. The summed E-state index contributed by atoms with van der Waals surface area (Å²) in [5.74, 6) is 1.18. The second kappa shape index (κ2) is 6.79. The summed E-state index contributed by atoms with van der Waals surface area (Å²) in [5, 5.41) is 0.322. The normalized spacial score (nSPS) is 12.1. The highest BCUT2D eigenvalue weighted by Gasteiger charge is 2.21. The molecule has 0 aliphatic carbocycles. The molecule has 0 saturated carbocycles. The average Bonchev–Trinajstić information content (AvgIpc) is 3.02. The maximum atomic E-state index is 12.0. The molecular weight excluding hydrogens is 320 g/mol. The molecule has 0 saturated heterocycles. The number of carbonyl (C=O) groups excluding carboxylic acids is 1. The lowest BCUT2D eigenvalue weighted by atomic mass is 10.2. The Morgan fingerprint density at radius 1 is 1.22 bits per heavy atom. The molecule has 6 heteroatoms. The first-order valence-electron chi connectivity index (χ1n) is 7.10. The number of carbonyl (C=O) groups is 1. The van der Waals surface area contributed by atoms with Crippen molar-refractivity contribution in [3.8, 4) is 17.2 Å². The summed E-state index contributed by atoms with van der Waals surface area (Å²) in [6.45, 7) is 2.46. The van der Waals surface area contributed by atoms with Crippen molar-refractivity contribution in [1.29, 1.82) is 0 Å². The number of aryl methyl sites for hydroxylation is 1. The van der Waals surface area contributed by atoms with Crippen molar-refractivity contribution >= 4 is 17.6 Å². The molecule has 0 unspecified atom stereocenters. The van der Waals surface area contributed by atoms with Gasteiger partial charge in [-0.1, -0.05) is 29.8 Å². The van der Waals surface area contributed by atoms with E-state index in [0.717, 1.165) is 11.3 Å². The van der Waals surface area contributed by atoms with Crippen molar-refractivity contribution in [1.82, 2.24) is 0 Å². The maximum Gasteiger partial charge on any atom is 0.338 e. The molecular formula is C17H15ClO5. The van der Waals surface area contributed by atoms with E-state index in [1.807, 2.05) is 31.2 Å². The molecule has 1 aliphatic rings. The van der Waals surface area contributed by atoms with E-state index in [-0.39, 0.29) is 20.0 Å². The van der Waals surface area contributed by atoms with Gasteiger partial charge < -0.3 is 18.9 Å². The van der Waals surface area contributed by atoms with Crippen molar-refractivity contribution < 1.29 is 23.7 Å². The van der Waals surface area contributed by atoms with Gasteiger partial charge in [-0.15, -0.1) is 0 Å². The van der Waals surface area contributed by atoms with Gasteiger partial charge in [-0.2, -0.15) is 0 Å². The smallest absolute Gasteiger partial charge is 0.338 e. The summed E-state index contributed by atoms with van der Waals surface area (Å²) in [4.78, 5) is 12.0. The van der Waals surface area contributed by atoms with Crippen LogP contribution >= 0.6 is 11.6 Å². The van der Waals surface area contributed by atoms with Crippen LogP contribution in [0.4, 0.5) is 0 Å². The third-order valence-electron chi connectivity index (χ3n) is 3.33. The molecule has 0 atom stereocenters. The van der Waals surface area contributed by atoms with Gasteiger partial charge in [0, 0.05) is 0 Å². The zero-order chi connectivity index (χ0) is 16.2. The molecule has 0 fully saturated rings. The first kappa shape index (κ1) is 15.5.